The van der Waals surface area contributed by atoms with Crippen molar-refractivity contribution in [2.24, 2.45) is 29.4 Å². The first-order chi connectivity index (χ1) is 11.5. The predicted molar refractivity (Wildman–Crippen MR) is 75.9 cm³/mol. The third kappa shape index (κ3) is 2.76. The number of rotatable bonds is 4. The number of carbonyl (C=O) groups is 2. The Morgan fingerprint density at radius 1 is 1.24 bits per heavy atom. The number of nitrogens with two attached hydrogens (primary N) is 1. The second kappa shape index (κ2) is 5.42. The second-order valence-corrected chi connectivity index (χ2v) is 6.77. The van der Waals surface area contributed by atoms with Crippen LogP contribution in [0.15, 0.2) is 18.2 Å². The van der Waals surface area contributed by atoms with Gasteiger partial charge < -0.3 is 15.9 Å². The largest absolute Gasteiger partial charge is 0.481 e. The summed E-state index contributed by atoms with van der Waals surface area (Å²) in [6.45, 7) is 0. The molecule has 2 fully saturated rings. The number of carboxylic acids is 2. The molecule has 0 aromatic heterocycles. The molecule has 5 unspecified atom stereocenters. The second-order valence-electron chi connectivity index (χ2n) is 6.77. The third-order valence-electron chi connectivity index (χ3n) is 5.37. The van der Waals surface area contributed by atoms with Gasteiger partial charge in [0.15, 0.2) is 0 Å². The fraction of sp³-hybridized carbons (Fsp3) is 0.500. The van der Waals surface area contributed by atoms with E-state index in [1.54, 1.807) is 0 Å². The van der Waals surface area contributed by atoms with E-state index in [0.29, 0.717) is 6.07 Å². The molecular formula is C16H15F4NO4. The van der Waals surface area contributed by atoms with Gasteiger partial charge in [0, 0.05) is 5.92 Å². The van der Waals surface area contributed by atoms with Crippen LogP contribution >= 0.6 is 0 Å². The summed E-state index contributed by atoms with van der Waals surface area (Å²) in [5.41, 5.74) is 2.97. The summed E-state index contributed by atoms with van der Waals surface area (Å²) in [6, 6.07) is 2.04. The zero-order chi connectivity index (χ0) is 18.7. The SMILES string of the molecule is NC1(C(=O)O)C(Cc2cc(F)cc(C(F)(F)F)c2)CC2C(C(=O)O)C21. The molecule has 5 nitrogen and oxygen atoms in total. The number of hydrogen-bond donors (Lipinski definition) is 3. The fourth-order valence-corrected chi connectivity index (χ4v) is 4.24. The zero-order valence-corrected chi connectivity index (χ0v) is 12.8. The Bertz CT molecular complexity index is 750. The third-order valence-corrected chi connectivity index (χ3v) is 5.37. The molecule has 9 heteroatoms. The molecule has 0 spiro atoms. The molecule has 2 aliphatic rings. The highest BCUT2D eigenvalue weighted by atomic mass is 19.4. The summed E-state index contributed by atoms with van der Waals surface area (Å²) in [4.78, 5) is 22.8. The molecule has 0 bridgehead atoms. The summed E-state index contributed by atoms with van der Waals surface area (Å²) in [5.74, 6) is -6.39. The summed E-state index contributed by atoms with van der Waals surface area (Å²) in [7, 11) is 0. The lowest BCUT2D eigenvalue weighted by Gasteiger charge is -2.31. The van der Waals surface area contributed by atoms with Gasteiger partial charge in [-0.05, 0) is 48.4 Å². The number of aliphatic carboxylic acids is 2. The molecule has 3 rings (SSSR count). The van der Waals surface area contributed by atoms with Gasteiger partial charge in [0.2, 0.25) is 0 Å². The number of hydrogen-bond acceptors (Lipinski definition) is 3. The van der Waals surface area contributed by atoms with Gasteiger partial charge >= 0.3 is 18.1 Å². The van der Waals surface area contributed by atoms with E-state index < -0.39 is 58.7 Å². The van der Waals surface area contributed by atoms with Gasteiger partial charge in [-0.1, -0.05) is 0 Å². The molecule has 2 saturated carbocycles. The molecular weight excluding hydrogens is 346 g/mol. The number of halogens is 4. The maximum Gasteiger partial charge on any atom is 0.416 e. The van der Waals surface area contributed by atoms with Gasteiger partial charge in [-0.15, -0.1) is 0 Å². The molecule has 1 aromatic rings. The lowest BCUT2D eigenvalue weighted by Crippen LogP contribution is -2.55. The van der Waals surface area contributed by atoms with E-state index in [9.17, 15) is 32.3 Å². The van der Waals surface area contributed by atoms with Gasteiger partial charge in [-0.2, -0.15) is 13.2 Å². The Balaban J connectivity index is 1.88. The molecule has 1 aromatic carbocycles. The van der Waals surface area contributed by atoms with E-state index in [4.69, 9.17) is 10.8 Å². The molecule has 0 amide bonds. The minimum absolute atomic E-state index is 0.0124. The summed E-state index contributed by atoms with van der Waals surface area (Å²) in [6.07, 6.45) is -4.72. The number of benzene rings is 1. The van der Waals surface area contributed by atoms with Gasteiger partial charge in [-0.25, -0.2) is 4.39 Å². The van der Waals surface area contributed by atoms with E-state index in [-0.39, 0.29) is 18.4 Å². The highest BCUT2D eigenvalue weighted by Gasteiger charge is 2.73. The van der Waals surface area contributed by atoms with Gasteiger partial charge in [0.05, 0.1) is 11.5 Å². The van der Waals surface area contributed by atoms with Crippen molar-refractivity contribution in [1.29, 1.82) is 0 Å². The maximum atomic E-state index is 13.5. The predicted octanol–water partition coefficient (Wildman–Crippen LogP) is 2.14. The van der Waals surface area contributed by atoms with Crippen LogP contribution < -0.4 is 5.73 Å². The average Bonchev–Trinajstić information content (AvgIpc) is 3.11. The molecule has 2 aliphatic carbocycles. The van der Waals surface area contributed by atoms with Gasteiger partial charge in [0.25, 0.3) is 0 Å². The standard InChI is InChI=1S/C16H15F4NO4/c17-9-3-6(2-8(4-9)16(18,19)20)1-7-5-10-11(13(22)23)12(10)15(7,21)14(24)25/h2-4,7,10-12H,1,5,21H2,(H,22,23)(H,24,25). The van der Waals surface area contributed by atoms with Crippen LogP contribution in [-0.2, 0) is 22.2 Å². The van der Waals surface area contributed by atoms with Crippen LogP contribution in [0.3, 0.4) is 0 Å². The lowest BCUT2D eigenvalue weighted by molar-refractivity contribution is -0.147. The molecule has 5 atom stereocenters. The Morgan fingerprint density at radius 2 is 1.88 bits per heavy atom. The highest BCUT2D eigenvalue weighted by Crippen LogP contribution is 2.64. The van der Waals surface area contributed by atoms with Crippen LogP contribution in [0.4, 0.5) is 17.6 Å². The maximum absolute atomic E-state index is 13.5. The van der Waals surface area contributed by atoms with E-state index in [1.165, 1.54) is 0 Å². The number of alkyl halides is 3. The molecule has 4 N–H and O–H groups in total. The minimum Gasteiger partial charge on any atom is -0.481 e. The Kier molecular flexibility index (Phi) is 3.83. The summed E-state index contributed by atoms with van der Waals surface area (Å²) in [5, 5.41) is 18.6. The molecule has 136 valence electrons. The Morgan fingerprint density at radius 3 is 2.40 bits per heavy atom. The van der Waals surface area contributed by atoms with Gasteiger partial charge in [0.1, 0.15) is 11.4 Å². The summed E-state index contributed by atoms with van der Waals surface area (Å²) >= 11 is 0. The van der Waals surface area contributed by atoms with Crippen LogP contribution in [0.2, 0.25) is 0 Å². The lowest BCUT2D eigenvalue weighted by atomic mass is 9.78. The van der Waals surface area contributed by atoms with Crippen molar-refractivity contribution in [3.8, 4) is 0 Å². The van der Waals surface area contributed by atoms with E-state index >= 15 is 0 Å². The Labute approximate surface area is 139 Å². The molecule has 0 aliphatic heterocycles. The van der Waals surface area contributed by atoms with Crippen LogP contribution in [0.5, 0.6) is 0 Å². The first-order valence-electron chi connectivity index (χ1n) is 7.58. The molecule has 0 heterocycles. The quantitative estimate of drug-likeness (QED) is 0.714. The van der Waals surface area contributed by atoms with Crippen molar-refractivity contribution >= 4 is 11.9 Å². The van der Waals surface area contributed by atoms with Crippen LogP contribution in [0, 0.1) is 29.5 Å². The first kappa shape index (κ1) is 17.7. The van der Waals surface area contributed by atoms with Crippen molar-refractivity contribution in [1.82, 2.24) is 0 Å². The van der Waals surface area contributed by atoms with E-state index in [2.05, 4.69) is 0 Å². The normalized spacial score (nSPS) is 33.8. The summed E-state index contributed by atoms with van der Waals surface area (Å²) < 4.78 is 51.9. The smallest absolute Gasteiger partial charge is 0.416 e. The van der Waals surface area contributed by atoms with Gasteiger partial charge in [-0.3, -0.25) is 9.59 Å². The van der Waals surface area contributed by atoms with Crippen molar-refractivity contribution in [2.45, 2.75) is 24.6 Å². The number of fused-ring (bicyclic) bond motifs is 1. The fourth-order valence-electron chi connectivity index (χ4n) is 4.24. The molecule has 0 saturated heterocycles. The minimum atomic E-state index is -4.73. The first-order valence-corrected chi connectivity index (χ1v) is 7.58. The molecule has 25 heavy (non-hydrogen) atoms. The average molecular weight is 361 g/mol. The monoisotopic (exact) mass is 361 g/mol. The number of carboxylic acid groups (broad SMARTS) is 2. The molecule has 0 radical (unpaired) electrons. The topological polar surface area (TPSA) is 101 Å². The van der Waals surface area contributed by atoms with Crippen LogP contribution in [-0.4, -0.2) is 27.7 Å². The van der Waals surface area contributed by atoms with Crippen molar-refractivity contribution in [3.05, 3.63) is 35.1 Å². The zero-order valence-electron chi connectivity index (χ0n) is 12.8. The van der Waals surface area contributed by atoms with Crippen LogP contribution in [0.25, 0.3) is 0 Å². The van der Waals surface area contributed by atoms with Crippen molar-refractivity contribution < 1.29 is 37.4 Å². The Hall–Kier alpha value is -2.16. The van der Waals surface area contributed by atoms with E-state index in [0.717, 1.165) is 12.1 Å². The van der Waals surface area contributed by atoms with Crippen LogP contribution in [0.1, 0.15) is 17.5 Å². The highest BCUT2D eigenvalue weighted by molar-refractivity contribution is 5.85. The van der Waals surface area contributed by atoms with Crippen molar-refractivity contribution in [2.75, 3.05) is 0 Å². The van der Waals surface area contributed by atoms with E-state index in [1.807, 2.05) is 0 Å². The van der Waals surface area contributed by atoms with Crippen molar-refractivity contribution in [3.63, 3.8) is 0 Å².